The predicted octanol–water partition coefficient (Wildman–Crippen LogP) is 6.01. The van der Waals surface area contributed by atoms with Crippen molar-refractivity contribution >= 4 is 32.4 Å². The van der Waals surface area contributed by atoms with Crippen molar-refractivity contribution in [3.05, 3.63) is 91.0 Å². The molecule has 1 heterocycles. The molecule has 0 amide bonds. The first-order valence-corrected chi connectivity index (χ1v) is 8.09. The van der Waals surface area contributed by atoms with Gasteiger partial charge in [0.1, 0.15) is 0 Å². The molecule has 0 aliphatic rings. The van der Waals surface area contributed by atoms with E-state index in [0.717, 1.165) is 16.8 Å². The molecule has 0 fully saturated rings. The number of aromatic nitrogens is 1. The molecule has 121 valence electrons. The molecule has 0 saturated heterocycles. The van der Waals surface area contributed by atoms with E-state index in [2.05, 4.69) is 78.9 Å². The Hall–Kier alpha value is -2.54. The van der Waals surface area contributed by atoms with Gasteiger partial charge in [0, 0.05) is 25.5 Å². The van der Waals surface area contributed by atoms with Gasteiger partial charge in [-0.25, -0.2) is 0 Å². The zero-order valence-corrected chi connectivity index (χ0v) is 15.8. The summed E-state index contributed by atoms with van der Waals surface area (Å²) in [5, 5.41) is 6.00. The summed E-state index contributed by atoms with van der Waals surface area (Å²) in [6.45, 7) is 0. The van der Waals surface area contributed by atoms with Gasteiger partial charge in [0.15, 0.2) is 0 Å². The molecule has 1 aromatic heterocycles. The summed E-state index contributed by atoms with van der Waals surface area (Å²) in [7, 11) is 0. The maximum atomic E-state index is 4.99. The van der Waals surface area contributed by atoms with Gasteiger partial charge in [-0.3, -0.25) is 4.98 Å². The average molecular weight is 497 g/mol. The molecule has 5 aromatic rings. The fourth-order valence-corrected chi connectivity index (χ4v) is 3.45. The van der Waals surface area contributed by atoms with E-state index in [4.69, 9.17) is 4.98 Å². The second kappa shape index (κ2) is 6.40. The van der Waals surface area contributed by atoms with Gasteiger partial charge in [0.2, 0.25) is 0 Å². The van der Waals surface area contributed by atoms with Crippen molar-refractivity contribution in [2.24, 2.45) is 0 Å². The molecule has 1 radical (unpaired) electrons. The molecule has 2 heteroatoms. The molecule has 0 N–H and O–H groups in total. The van der Waals surface area contributed by atoms with Crippen molar-refractivity contribution in [1.82, 2.24) is 4.98 Å². The third-order valence-electron chi connectivity index (χ3n) is 4.57. The molecule has 0 aliphatic heterocycles. The van der Waals surface area contributed by atoms with E-state index in [1.54, 1.807) is 0 Å². The summed E-state index contributed by atoms with van der Waals surface area (Å²) >= 11 is 0. The van der Waals surface area contributed by atoms with Crippen molar-refractivity contribution in [3.63, 3.8) is 0 Å². The number of benzene rings is 4. The van der Waals surface area contributed by atoms with Crippen molar-refractivity contribution in [3.8, 4) is 11.3 Å². The summed E-state index contributed by atoms with van der Waals surface area (Å²) < 4.78 is 0. The number of rotatable bonds is 1. The van der Waals surface area contributed by atoms with Crippen LogP contribution in [0.4, 0.5) is 0 Å². The van der Waals surface area contributed by atoms with Gasteiger partial charge in [-0.05, 0) is 22.5 Å². The molecule has 4 aromatic carbocycles. The number of hydrogen-bond donors (Lipinski definition) is 0. The maximum absolute atomic E-state index is 4.99. The number of nitrogens with zero attached hydrogens (tertiary/aromatic N) is 1. The van der Waals surface area contributed by atoms with Gasteiger partial charge in [-0.2, -0.15) is 0 Å². The summed E-state index contributed by atoms with van der Waals surface area (Å²) in [6.07, 6.45) is 0. The zero-order chi connectivity index (χ0) is 15.9. The normalized spacial score (nSPS) is 10.9. The van der Waals surface area contributed by atoms with Gasteiger partial charge < -0.3 is 0 Å². The Morgan fingerprint density at radius 3 is 2.08 bits per heavy atom. The van der Waals surface area contributed by atoms with Crippen LogP contribution in [0.2, 0.25) is 0 Å². The molecular formula is C23H14IrN-. The van der Waals surface area contributed by atoms with Gasteiger partial charge in [-0.1, -0.05) is 72.1 Å². The minimum atomic E-state index is 0. The summed E-state index contributed by atoms with van der Waals surface area (Å²) in [4.78, 5) is 4.99. The third kappa shape index (κ3) is 2.55. The van der Waals surface area contributed by atoms with Gasteiger partial charge in [0.05, 0.1) is 5.52 Å². The quantitative estimate of drug-likeness (QED) is 0.205. The van der Waals surface area contributed by atoms with Crippen molar-refractivity contribution in [2.75, 3.05) is 0 Å². The van der Waals surface area contributed by atoms with E-state index in [-0.39, 0.29) is 20.1 Å². The van der Waals surface area contributed by atoms with Gasteiger partial charge in [0.25, 0.3) is 0 Å². The Kier molecular flexibility index (Phi) is 4.09. The van der Waals surface area contributed by atoms with Crippen LogP contribution in [-0.4, -0.2) is 4.98 Å². The molecule has 0 aliphatic carbocycles. The van der Waals surface area contributed by atoms with Crippen LogP contribution in [0, 0.1) is 6.07 Å². The smallest absolute Gasteiger partial charge is 0.0601 e. The SMILES string of the molecule is [Ir].[c-]1ccc2ccccc2c1-c1nc2ccccc2c2ccccc12. The van der Waals surface area contributed by atoms with E-state index >= 15 is 0 Å². The van der Waals surface area contributed by atoms with Gasteiger partial charge >= 0.3 is 0 Å². The Morgan fingerprint density at radius 2 is 1.24 bits per heavy atom. The average Bonchev–Trinajstić information content (AvgIpc) is 2.67. The van der Waals surface area contributed by atoms with Crippen LogP contribution >= 0.6 is 0 Å². The summed E-state index contributed by atoms with van der Waals surface area (Å²) in [6, 6.07) is 32.8. The van der Waals surface area contributed by atoms with Crippen LogP contribution < -0.4 is 0 Å². The number of para-hydroxylation sites is 1. The van der Waals surface area contributed by atoms with Crippen LogP contribution in [0.15, 0.2) is 84.9 Å². The number of pyridine rings is 1. The van der Waals surface area contributed by atoms with Crippen molar-refractivity contribution in [1.29, 1.82) is 0 Å². The second-order valence-electron chi connectivity index (χ2n) is 5.96. The molecule has 1 nitrogen and oxygen atoms in total. The topological polar surface area (TPSA) is 12.9 Å². The first kappa shape index (κ1) is 16.0. The van der Waals surface area contributed by atoms with E-state index in [1.165, 1.54) is 26.9 Å². The summed E-state index contributed by atoms with van der Waals surface area (Å²) in [5.74, 6) is 0. The minimum absolute atomic E-state index is 0. The first-order chi connectivity index (χ1) is 11.9. The van der Waals surface area contributed by atoms with E-state index in [0.29, 0.717) is 0 Å². The number of fused-ring (bicyclic) bond motifs is 4. The maximum Gasteiger partial charge on any atom is 0.0601 e. The Morgan fingerprint density at radius 1 is 0.600 bits per heavy atom. The van der Waals surface area contributed by atoms with E-state index in [1.807, 2.05) is 12.1 Å². The number of hydrogen-bond acceptors (Lipinski definition) is 1. The second-order valence-corrected chi connectivity index (χ2v) is 5.96. The monoisotopic (exact) mass is 497 g/mol. The molecule has 0 unspecified atom stereocenters. The van der Waals surface area contributed by atoms with Crippen LogP contribution in [0.5, 0.6) is 0 Å². The van der Waals surface area contributed by atoms with Crippen LogP contribution in [-0.2, 0) is 20.1 Å². The van der Waals surface area contributed by atoms with Gasteiger partial charge in [-0.15, -0.1) is 29.1 Å². The molecular weight excluding hydrogens is 482 g/mol. The Labute approximate surface area is 159 Å². The molecule has 0 saturated carbocycles. The fourth-order valence-electron chi connectivity index (χ4n) is 3.45. The van der Waals surface area contributed by atoms with Crippen molar-refractivity contribution in [2.45, 2.75) is 0 Å². The predicted molar refractivity (Wildman–Crippen MR) is 101 cm³/mol. The fraction of sp³-hybridized carbons (Fsp3) is 0. The summed E-state index contributed by atoms with van der Waals surface area (Å²) in [5.41, 5.74) is 3.09. The van der Waals surface area contributed by atoms with E-state index < -0.39 is 0 Å². The molecule has 25 heavy (non-hydrogen) atoms. The van der Waals surface area contributed by atoms with Crippen LogP contribution in [0.3, 0.4) is 0 Å². The Balaban J connectivity index is 0.00000157. The Bertz CT molecular complexity index is 1210. The third-order valence-corrected chi connectivity index (χ3v) is 4.57. The molecule has 0 spiro atoms. The van der Waals surface area contributed by atoms with Crippen LogP contribution in [0.1, 0.15) is 0 Å². The molecule has 5 rings (SSSR count). The van der Waals surface area contributed by atoms with Crippen molar-refractivity contribution < 1.29 is 20.1 Å². The largest absolute Gasteiger partial charge is 0.296 e. The zero-order valence-electron chi connectivity index (χ0n) is 13.4. The molecule has 0 atom stereocenters. The minimum Gasteiger partial charge on any atom is -0.296 e. The first-order valence-electron chi connectivity index (χ1n) is 8.09. The van der Waals surface area contributed by atoms with E-state index in [9.17, 15) is 0 Å². The standard InChI is InChI=1S/C23H14N.Ir/c1-2-10-17-16(8-1)9-7-14-20(17)23-21-13-4-3-11-18(21)19-12-5-6-15-22(19)24-23;/h1-13,15H;/q-1;. The molecule has 0 bridgehead atoms. The van der Waals surface area contributed by atoms with Crippen LogP contribution in [0.25, 0.3) is 43.7 Å².